The van der Waals surface area contributed by atoms with Gasteiger partial charge >= 0.3 is 0 Å². The van der Waals surface area contributed by atoms with E-state index in [4.69, 9.17) is 4.52 Å². The molecule has 0 aliphatic carbocycles. The zero-order valence-electron chi connectivity index (χ0n) is 15.0. The molecule has 2 heterocycles. The Morgan fingerprint density at radius 2 is 2.08 bits per heavy atom. The van der Waals surface area contributed by atoms with Gasteiger partial charge in [-0.05, 0) is 13.8 Å². The van der Waals surface area contributed by atoms with Crippen LogP contribution in [-0.2, 0) is 11.3 Å². The molecule has 1 fully saturated rings. The average molecular weight is 336 g/mol. The van der Waals surface area contributed by atoms with Gasteiger partial charge in [0.1, 0.15) is 6.26 Å². The maximum atomic E-state index is 11.9. The van der Waals surface area contributed by atoms with Gasteiger partial charge < -0.3 is 20.1 Å². The molecule has 0 unspecified atom stereocenters. The molecule has 1 aromatic rings. The molecule has 1 aliphatic rings. The molecule has 24 heavy (non-hydrogen) atoms. The Hall–Kier alpha value is -2.09. The van der Waals surface area contributed by atoms with Gasteiger partial charge in [-0.15, -0.1) is 0 Å². The summed E-state index contributed by atoms with van der Waals surface area (Å²) in [6.07, 6.45) is 1.60. The zero-order chi connectivity index (χ0) is 17.6. The number of rotatable bonds is 5. The summed E-state index contributed by atoms with van der Waals surface area (Å²) in [5.74, 6) is 0.857. The van der Waals surface area contributed by atoms with Gasteiger partial charge in [-0.25, -0.2) is 0 Å². The van der Waals surface area contributed by atoms with Crippen LogP contribution in [0.15, 0.2) is 21.8 Å². The molecule has 1 aliphatic heterocycles. The Kier molecular flexibility index (Phi) is 6.19. The van der Waals surface area contributed by atoms with Crippen molar-refractivity contribution >= 4 is 11.9 Å². The molecule has 0 atom stereocenters. The second kappa shape index (κ2) is 8.14. The number of amides is 1. The number of hydrogen-bond donors (Lipinski definition) is 2. The van der Waals surface area contributed by atoms with Crippen molar-refractivity contribution in [3.8, 4) is 0 Å². The second-order valence-electron chi connectivity index (χ2n) is 6.62. The summed E-state index contributed by atoms with van der Waals surface area (Å²) in [5, 5.41) is 9.98. The smallest absolute Gasteiger partial charge is 0.227 e. The predicted molar refractivity (Wildman–Crippen MR) is 92.6 cm³/mol. The molecular formula is C16H28N6O2. The summed E-state index contributed by atoms with van der Waals surface area (Å²) in [7, 11) is 3.43. The van der Waals surface area contributed by atoms with E-state index in [1.165, 1.54) is 0 Å². The van der Waals surface area contributed by atoms with Crippen LogP contribution in [0.1, 0.15) is 19.5 Å². The third-order valence-corrected chi connectivity index (χ3v) is 4.29. The van der Waals surface area contributed by atoms with E-state index in [-0.39, 0.29) is 5.91 Å². The second-order valence-corrected chi connectivity index (χ2v) is 6.62. The average Bonchev–Trinajstić information content (AvgIpc) is 3.09. The van der Waals surface area contributed by atoms with Gasteiger partial charge in [0.25, 0.3) is 0 Å². The summed E-state index contributed by atoms with van der Waals surface area (Å²) in [6.45, 7) is 8.83. The SMILES string of the molecule is CN=C(NCC(C)(C)C(=O)NC)N1CCN(Cc2ccon2)CC1. The number of piperazine rings is 1. The highest BCUT2D eigenvalue weighted by atomic mass is 16.5. The van der Waals surface area contributed by atoms with E-state index in [1.807, 2.05) is 19.9 Å². The van der Waals surface area contributed by atoms with Crippen molar-refractivity contribution < 1.29 is 9.32 Å². The number of hydrogen-bond acceptors (Lipinski definition) is 5. The number of carbonyl (C=O) groups excluding carboxylic acids is 1. The monoisotopic (exact) mass is 336 g/mol. The van der Waals surface area contributed by atoms with E-state index in [0.29, 0.717) is 6.54 Å². The van der Waals surface area contributed by atoms with Crippen molar-refractivity contribution in [2.24, 2.45) is 10.4 Å². The maximum Gasteiger partial charge on any atom is 0.227 e. The molecule has 0 aromatic carbocycles. The van der Waals surface area contributed by atoms with Crippen molar-refractivity contribution in [2.45, 2.75) is 20.4 Å². The Morgan fingerprint density at radius 3 is 2.62 bits per heavy atom. The van der Waals surface area contributed by atoms with E-state index in [1.54, 1.807) is 20.4 Å². The zero-order valence-corrected chi connectivity index (χ0v) is 15.0. The van der Waals surface area contributed by atoms with Crippen molar-refractivity contribution in [1.29, 1.82) is 0 Å². The molecule has 8 nitrogen and oxygen atoms in total. The Balaban J connectivity index is 1.81. The molecule has 134 valence electrons. The van der Waals surface area contributed by atoms with Crippen molar-refractivity contribution in [2.75, 3.05) is 46.8 Å². The van der Waals surface area contributed by atoms with Gasteiger partial charge in [-0.3, -0.25) is 14.7 Å². The maximum absolute atomic E-state index is 11.9. The summed E-state index contributed by atoms with van der Waals surface area (Å²) >= 11 is 0. The number of carbonyl (C=O) groups is 1. The topological polar surface area (TPSA) is 86.0 Å². The van der Waals surface area contributed by atoms with Crippen molar-refractivity contribution in [3.63, 3.8) is 0 Å². The first-order valence-corrected chi connectivity index (χ1v) is 8.25. The van der Waals surface area contributed by atoms with Crippen LogP contribution in [-0.4, -0.2) is 73.6 Å². The van der Waals surface area contributed by atoms with Gasteiger partial charge in [0.2, 0.25) is 5.91 Å². The van der Waals surface area contributed by atoms with Crippen LogP contribution < -0.4 is 10.6 Å². The van der Waals surface area contributed by atoms with Crippen LogP contribution in [0.4, 0.5) is 0 Å². The number of nitrogens with zero attached hydrogens (tertiary/aromatic N) is 4. The molecule has 1 saturated heterocycles. The lowest BCUT2D eigenvalue weighted by atomic mass is 9.92. The minimum atomic E-state index is -0.487. The molecule has 2 N–H and O–H groups in total. The molecule has 1 amide bonds. The van der Waals surface area contributed by atoms with Gasteiger partial charge in [-0.2, -0.15) is 0 Å². The number of aromatic nitrogens is 1. The van der Waals surface area contributed by atoms with Crippen molar-refractivity contribution in [3.05, 3.63) is 18.0 Å². The van der Waals surface area contributed by atoms with Crippen molar-refractivity contribution in [1.82, 2.24) is 25.6 Å². The Bertz CT molecular complexity index is 547. The summed E-state index contributed by atoms with van der Waals surface area (Å²) < 4.78 is 4.88. The molecule has 0 spiro atoms. The highest BCUT2D eigenvalue weighted by Crippen LogP contribution is 2.14. The van der Waals surface area contributed by atoms with Crippen LogP contribution in [0.3, 0.4) is 0 Å². The fraction of sp³-hybridized carbons (Fsp3) is 0.688. The Labute approximate surface area is 143 Å². The largest absolute Gasteiger partial charge is 0.364 e. The number of aliphatic imine (C=N–C) groups is 1. The minimum absolute atomic E-state index is 0.0166. The first kappa shape index (κ1) is 18.3. The van der Waals surface area contributed by atoms with E-state index >= 15 is 0 Å². The lowest BCUT2D eigenvalue weighted by molar-refractivity contribution is -0.128. The summed E-state index contributed by atoms with van der Waals surface area (Å²) in [4.78, 5) is 20.8. The molecule has 0 bridgehead atoms. The fourth-order valence-electron chi connectivity index (χ4n) is 2.72. The third-order valence-electron chi connectivity index (χ3n) is 4.29. The number of nitrogens with one attached hydrogen (secondary N) is 2. The van der Waals surface area contributed by atoms with E-state index < -0.39 is 5.41 Å². The number of guanidine groups is 1. The van der Waals surface area contributed by atoms with Gasteiger partial charge in [-0.1, -0.05) is 5.16 Å². The van der Waals surface area contributed by atoms with Gasteiger partial charge in [0.15, 0.2) is 5.96 Å². The highest BCUT2D eigenvalue weighted by Gasteiger charge is 2.28. The van der Waals surface area contributed by atoms with Gasteiger partial charge in [0.05, 0.1) is 11.1 Å². The van der Waals surface area contributed by atoms with Gasteiger partial charge in [0, 0.05) is 59.4 Å². The lowest BCUT2D eigenvalue weighted by Crippen LogP contribution is -2.54. The summed E-state index contributed by atoms with van der Waals surface area (Å²) in [6, 6.07) is 1.90. The first-order valence-electron chi connectivity index (χ1n) is 8.25. The molecular weight excluding hydrogens is 308 g/mol. The van der Waals surface area contributed by atoms with Crippen LogP contribution >= 0.6 is 0 Å². The normalized spacial score (nSPS) is 17.0. The standard InChI is InChI=1S/C16H28N6O2/c1-16(2,14(23)17-3)12-19-15(18-4)22-8-6-21(7-9-22)11-13-5-10-24-20-13/h5,10H,6-9,11-12H2,1-4H3,(H,17,23)(H,18,19). The first-order chi connectivity index (χ1) is 11.5. The predicted octanol–water partition coefficient (Wildman–Crippen LogP) is 0.140. The molecule has 8 heteroatoms. The molecule has 0 saturated carbocycles. The van der Waals surface area contributed by atoms with E-state index in [0.717, 1.165) is 44.4 Å². The molecule has 0 radical (unpaired) electrons. The quantitative estimate of drug-likeness (QED) is 0.588. The minimum Gasteiger partial charge on any atom is -0.364 e. The van der Waals surface area contributed by atoms with Crippen LogP contribution in [0.5, 0.6) is 0 Å². The fourth-order valence-corrected chi connectivity index (χ4v) is 2.72. The van der Waals surface area contributed by atoms with E-state index in [9.17, 15) is 4.79 Å². The van der Waals surface area contributed by atoms with E-state index in [2.05, 4.69) is 30.6 Å². The summed E-state index contributed by atoms with van der Waals surface area (Å²) in [5.41, 5.74) is 0.470. The molecule has 1 aromatic heterocycles. The molecule has 2 rings (SSSR count). The van der Waals surface area contributed by atoms with Crippen LogP contribution in [0.25, 0.3) is 0 Å². The van der Waals surface area contributed by atoms with Crippen LogP contribution in [0, 0.1) is 5.41 Å². The van der Waals surface area contributed by atoms with Crippen LogP contribution in [0.2, 0.25) is 0 Å². The lowest BCUT2D eigenvalue weighted by Gasteiger charge is -2.37. The third kappa shape index (κ3) is 4.70. The Morgan fingerprint density at radius 1 is 1.38 bits per heavy atom. The highest BCUT2D eigenvalue weighted by molar-refractivity contribution is 5.84.